The summed E-state index contributed by atoms with van der Waals surface area (Å²) in [6, 6.07) is 12.0. The molecule has 2 aromatic carbocycles. The highest BCUT2D eigenvalue weighted by Crippen LogP contribution is 2.16. The molecule has 0 fully saturated rings. The molecule has 6 nitrogen and oxygen atoms in total. The van der Waals surface area contributed by atoms with Gasteiger partial charge in [-0.15, -0.1) is 0 Å². The third-order valence-corrected chi connectivity index (χ3v) is 5.40. The van der Waals surface area contributed by atoms with Crippen molar-refractivity contribution >= 4 is 16.8 Å². The topological polar surface area (TPSA) is 86.5 Å². The molecule has 0 bridgehead atoms. The molecule has 3 rings (SSSR count). The van der Waals surface area contributed by atoms with Crippen LogP contribution in [-0.4, -0.2) is 52.0 Å². The number of rotatable bonds is 11. The van der Waals surface area contributed by atoms with Crippen LogP contribution in [0.3, 0.4) is 0 Å². The van der Waals surface area contributed by atoms with Crippen LogP contribution in [0.5, 0.6) is 0 Å². The zero-order valence-electron chi connectivity index (χ0n) is 18.0. The number of aryl methyl sites for hydroxylation is 1. The first-order valence-electron chi connectivity index (χ1n) is 10.7. The van der Waals surface area contributed by atoms with E-state index in [1.165, 1.54) is 12.1 Å². The van der Waals surface area contributed by atoms with Crippen LogP contribution >= 0.6 is 0 Å². The van der Waals surface area contributed by atoms with Crippen molar-refractivity contribution in [2.75, 3.05) is 13.2 Å². The van der Waals surface area contributed by atoms with E-state index in [9.17, 15) is 18.7 Å². The Bertz CT molecular complexity index is 1020. The number of benzene rings is 2. The normalized spacial score (nSPS) is 14.3. The van der Waals surface area contributed by atoms with Crippen molar-refractivity contribution < 1.29 is 23.8 Å². The van der Waals surface area contributed by atoms with Crippen LogP contribution < -0.4 is 10.6 Å². The van der Waals surface area contributed by atoms with Crippen LogP contribution in [0.25, 0.3) is 10.9 Å². The van der Waals surface area contributed by atoms with Gasteiger partial charge in [0.15, 0.2) is 0 Å². The number of hydrogen-bond acceptors (Lipinski definition) is 4. The summed E-state index contributed by atoms with van der Waals surface area (Å²) in [6.07, 6.45) is 1.13. The number of carbonyl (C=O) groups is 1. The van der Waals surface area contributed by atoms with Gasteiger partial charge in [0.2, 0.25) is 5.91 Å². The molecular weight excluding hydrogens is 416 g/mol. The Kier molecular flexibility index (Phi) is 8.33. The molecule has 0 aliphatic heterocycles. The maximum Gasteiger partial charge on any atom is 0.222 e. The number of amides is 1. The highest BCUT2D eigenvalue weighted by molar-refractivity contribution is 5.80. The van der Waals surface area contributed by atoms with Crippen LogP contribution in [0.4, 0.5) is 8.78 Å². The van der Waals surface area contributed by atoms with E-state index in [2.05, 4.69) is 10.6 Å². The number of aliphatic hydroxyl groups is 2. The monoisotopic (exact) mass is 445 g/mol. The zero-order valence-corrected chi connectivity index (χ0v) is 18.0. The summed E-state index contributed by atoms with van der Waals surface area (Å²) in [7, 11) is 0. The summed E-state index contributed by atoms with van der Waals surface area (Å²) in [6.45, 7) is 2.20. The lowest BCUT2D eigenvalue weighted by molar-refractivity contribution is -0.122. The fourth-order valence-corrected chi connectivity index (χ4v) is 3.63. The van der Waals surface area contributed by atoms with Gasteiger partial charge in [-0.3, -0.25) is 4.79 Å². The largest absolute Gasteiger partial charge is 0.395 e. The van der Waals surface area contributed by atoms with Crippen molar-refractivity contribution in [3.63, 3.8) is 0 Å². The minimum absolute atomic E-state index is 0.0588. The first kappa shape index (κ1) is 23.8. The summed E-state index contributed by atoms with van der Waals surface area (Å²) >= 11 is 0. The smallest absolute Gasteiger partial charge is 0.222 e. The van der Waals surface area contributed by atoms with Crippen LogP contribution in [0.15, 0.2) is 54.7 Å². The third-order valence-electron chi connectivity index (χ3n) is 5.40. The highest BCUT2D eigenvalue weighted by Gasteiger charge is 2.23. The minimum atomic E-state index is -1.02. The van der Waals surface area contributed by atoms with Crippen molar-refractivity contribution in [1.82, 2.24) is 15.2 Å². The number of fused-ring (bicyclic) bond motifs is 1. The molecule has 3 aromatic rings. The van der Waals surface area contributed by atoms with Crippen LogP contribution in [-0.2, 0) is 17.8 Å². The van der Waals surface area contributed by atoms with Gasteiger partial charge in [0.25, 0.3) is 0 Å². The number of para-hydroxylation sites is 1. The van der Waals surface area contributed by atoms with Gasteiger partial charge in [-0.1, -0.05) is 18.2 Å². The Hall–Kier alpha value is -2.81. The molecule has 1 amide bonds. The summed E-state index contributed by atoms with van der Waals surface area (Å²) < 4.78 is 29.2. The molecule has 3 atom stereocenters. The molecule has 0 aliphatic rings. The fourth-order valence-electron chi connectivity index (χ4n) is 3.63. The predicted octanol–water partition coefficient (Wildman–Crippen LogP) is 2.37. The summed E-state index contributed by atoms with van der Waals surface area (Å²) in [5.74, 6) is -1.71. The summed E-state index contributed by atoms with van der Waals surface area (Å²) in [5, 5.41) is 26.7. The molecule has 0 saturated heterocycles. The van der Waals surface area contributed by atoms with Crippen molar-refractivity contribution in [3.8, 4) is 0 Å². The first-order valence-corrected chi connectivity index (χ1v) is 10.7. The molecule has 172 valence electrons. The molecule has 0 spiro atoms. The number of nitrogens with one attached hydrogen (secondary N) is 2. The van der Waals surface area contributed by atoms with Gasteiger partial charge in [-0.05, 0) is 48.6 Å². The second-order valence-corrected chi connectivity index (χ2v) is 8.03. The van der Waals surface area contributed by atoms with E-state index in [1.807, 2.05) is 41.1 Å². The Morgan fingerprint density at radius 3 is 2.56 bits per heavy atom. The number of aromatic nitrogens is 1. The van der Waals surface area contributed by atoms with Gasteiger partial charge in [0, 0.05) is 43.3 Å². The Morgan fingerprint density at radius 2 is 1.84 bits per heavy atom. The third kappa shape index (κ3) is 6.59. The van der Waals surface area contributed by atoms with Crippen molar-refractivity contribution in [3.05, 3.63) is 71.9 Å². The second-order valence-electron chi connectivity index (χ2n) is 8.03. The Balaban J connectivity index is 1.66. The van der Waals surface area contributed by atoms with Crippen LogP contribution in [0.1, 0.15) is 18.9 Å². The maximum atomic E-state index is 13.6. The van der Waals surface area contributed by atoms with Gasteiger partial charge in [0.05, 0.1) is 18.8 Å². The summed E-state index contributed by atoms with van der Waals surface area (Å²) in [5.41, 5.74) is 1.35. The Morgan fingerprint density at radius 1 is 1.12 bits per heavy atom. The molecule has 0 aliphatic carbocycles. The molecule has 1 aromatic heterocycles. The number of nitrogens with zero attached hydrogens (tertiary/aromatic N) is 1. The molecule has 0 radical (unpaired) electrons. The average Bonchev–Trinajstić information content (AvgIpc) is 3.17. The number of halogens is 2. The number of aliphatic hydroxyl groups excluding tert-OH is 2. The molecule has 4 N–H and O–H groups in total. The Labute approximate surface area is 185 Å². The molecule has 1 unspecified atom stereocenters. The van der Waals surface area contributed by atoms with E-state index in [0.717, 1.165) is 17.0 Å². The van der Waals surface area contributed by atoms with Gasteiger partial charge < -0.3 is 25.4 Å². The second kappa shape index (κ2) is 11.2. The van der Waals surface area contributed by atoms with Crippen LogP contribution in [0.2, 0.25) is 0 Å². The number of hydrogen-bond donors (Lipinski definition) is 4. The van der Waals surface area contributed by atoms with Crippen LogP contribution in [0, 0.1) is 11.6 Å². The maximum absolute atomic E-state index is 13.6. The average molecular weight is 446 g/mol. The standard InChI is InChI=1S/C24H29F2N3O3/c1-16(15-30)27-14-23(31)21(12-17-10-19(25)13-20(26)11-17)28-24(32)7-9-29-8-6-18-4-2-3-5-22(18)29/h2-6,8,10-11,13,16,21,23,27,30-31H,7,9,12,14-15H2,1H3,(H,28,32)/t16?,21-,23-/m0/s1. The molecular formula is C24H29F2N3O3. The van der Waals surface area contributed by atoms with Crippen molar-refractivity contribution in [2.45, 2.75) is 44.5 Å². The van der Waals surface area contributed by atoms with E-state index in [4.69, 9.17) is 5.11 Å². The molecule has 8 heteroatoms. The first-order chi connectivity index (χ1) is 15.4. The zero-order chi connectivity index (χ0) is 23.1. The molecule has 1 heterocycles. The minimum Gasteiger partial charge on any atom is -0.395 e. The fraction of sp³-hybridized carbons (Fsp3) is 0.375. The van der Waals surface area contributed by atoms with E-state index >= 15 is 0 Å². The summed E-state index contributed by atoms with van der Waals surface area (Å²) in [4.78, 5) is 12.7. The van der Waals surface area contributed by atoms with E-state index in [-0.39, 0.29) is 37.9 Å². The predicted molar refractivity (Wildman–Crippen MR) is 119 cm³/mol. The lowest BCUT2D eigenvalue weighted by Crippen LogP contribution is -2.50. The SMILES string of the molecule is CC(CO)NC[C@H](O)[C@H](Cc1cc(F)cc(F)c1)NC(=O)CCn1ccc2ccccc21. The lowest BCUT2D eigenvalue weighted by Gasteiger charge is -2.26. The van der Waals surface area contributed by atoms with Crippen molar-refractivity contribution in [2.24, 2.45) is 0 Å². The van der Waals surface area contributed by atoms with Gasteiger partial charge in [0.1, 0.15) is 11.6 Å². The van der Waals surface area contributed by atoms with Crippen molar-refractivity contribution in [1.29, 1.82) is 0 Å². The van der Waals surface area contributed by atoms with E-state index in [0.29, 0.717) is 12.1 Å². The van der Waals surface area contributed by atoms with Gasteiger partial charge in [-0.2, -0.15) is 0 Å². The lowest BCUT2D eigenvalue weighted by atomic mass is 10.00. The van der Waals surface area contributed by atoms with Gasteiger partial charge >= 0.3 is 0 Å². The number of carbonyl (C=O) groups excluding carboxylic acids is 1. The van der Waals surface area contributed by atoms with E-state index in [1.54, 1.807) is 6.92 Å². The quantitative estimate of drug-likeness (QED) is 0.365. The van der Waals surface area contributed by atoms with Gasteiger partial charge in [-0.25, -0.2) is 8.78 Å². The van der Waals surface area contributed by atoms with E-state index < -0.39 is 23.8 Å². The highest BCUT2D eigenvalue weighted by atomic mass is 19.1. The molecule has 32 heavy (non-hydrogen) atoms. The molecule has 0 saturated carbocycles.